The second-order valence-corrected chi connectivity index (χ2v) is 7.48. The Hall–Kier alpha value is -1.75. The zero-order valence-electron chi connectivity index (χ0n) is 15.9. The highest BCUT2D eigenvalue weighted by atomic mass is 16.2. The Labute approximate surface area is 152 Å². The fourth-order valence-electron chi connectivity index (χ4n) is 3.25. The van der Waals surface area contributed by atoms with Gasteiger partial charge in [-0.25, -0.2) is 4.79 Å². The molecule has 2 unspecified atom stereocenters. The van der Waals surface area contributed by atoms with E-state index in [2.05, 4.69) is 53.8 Å². The Kier molecular flexibility index (Phi) is 8.06. The van der Waals surface area contributed by atoms with E-state index in [0.29, 0.717) is 12.5 Å². The van der Waals surface area contributed by atoms with E-state index in [9.17, 15) is 4.79 Å². The summed E-state index contributed by atoms with van der Waals surface area (Å²) in [7, 11) is 0. The van der Waals surface area contributed by atoms with Crippen LogP contribution in [0.25, 0.3) is 0 Å². The van der Waals surface area contributed by atoms with Crippen molar-refractivity contribution in [1.82, 2.24) is 15.5 Å². The largest absolute Gasteiger partial charge is 0.380 e. The summed E-state index contributed by atoms with van der Waals surface area (Å²) in [5, 5.41) is 9.59. The quantitative estimate of drug-likeness (QED) is 0.677. The summed E-state index contributed by atoms with van der Waals surface area (Å²) in [6.45, 7) is 10.3. The van der Waals surface area contributed by atoms with Gasteiger partial charge in [-0.05, 0) is 50.9 Å². The number of nitrogens with zero attached hydrogens (tertiary/aromatic N) is 1. The van der Waals surface area contributed by atoms with Gasteiger partial charge < -0.3 is 20.9 Å². The number of amides is 2. The van der Waals surface area contributed by atoms with Gasteiger partial charge in [0.1, 0.15) is 0 Å². The fourth-order valence-corrected chi connectivity index (χ4v) is 3.25. The monoisotopic (exact) mass is 346 g/mol. The lowest BCUT2D eigenvalue weighted by Crippen LogP contribution is -2.49. The van der Waals surface area contributed by atoms with Crippen LogP contribution in [0.2, 0.25) is 0 Å². The first-order valence-electron chi connectivity index (χ1n) is 9.63. The van der Waals surface area contributed by atoms with Crippen LogP contribution in [0.5, 0.6) is 0 Å². The van der Waals surface area contributed by atoms with E-state index in [0.717, 1.165) is 25.3 Å². The predicted octanol–water partition coefficient (Wildman–Crippen LogP) is 3.30. The molecule has 1 aromatic rings. The maximum atomic E-state index is 12.2. The predicted molar refractivity (Wildman–Crippen MR) is 105 cm³/mol. The van der Waals surface area contributed by atoms with E-state index in [-0.39, 0.29) is 18.1 Å². The number of para-hydroxylation sites is 1. The third-order valence-corrected chi connectivity index (χ3v) is 4.77. The lowest BCUT2D eigenvalue weighted by molar-refractivity contribution is 0.202. The van der Waals surface area contributed by atoms with Crippen LogP contribution in [0.15, 0.2) is 30.3 Å². The molecule has 2 atom stereocenters. The minimum atomic E-state index is -0.0787. The molecule has 5 nitrogen and oxygen atoms in total. The van der Waals surface area contributed by atoms with Crippen LogP contribution in [-0.4, -0.2) is 49.2 Å². The third kappa shape index (κ3) is 7.34. The molecule has 0 aliphatic carbocycles. The summed E-state index contributed by atoms with van der Waals surface area (Å²) in [4.78, 5) is 14.7. The van der Waals surface area contributed by atoms with Crippen LogP contribution in [0.1, 0.15) is 40.0 Å². The van der Waals surface area contributed by atoms with Gasteiger partial charge in [0, 0.05) is 30.9 Å². The van der Waals surface area contributed by atoms with Gasteiger partial charge >= 0.3 is 6.03 Å². The summed E-state index contributed by atoms with van der Waals surface area (Å²) in [5.41, 5.74) is 1.09. The van der Waals surface area contributed by atoms with Gasteiger partial charge in [0.05, 0.1) is 0 Å². The first-order chi connectivity index (χ1) is 12.0. The Balaban J connectivity index is 1.72. The van der Waals surface area contributed by atoms with Crippen LogP contribution >= 0.6 is 0 Å². The van der Waals surface area contributed by atoms with Crippen LogP contribution in [0, 0.1) is 5.92 Å². The highest BCUT2D eigenvalue weighted by Gasteiger charge is 2.17. The Morgan fingerprint density at radius 3 is 2.40 bits per heavy atom. The number of carbonyl (C=O) groups excluding carboxylic acids is 1. The summed E-state index contributed by atoms with van der Waals surface area (Å²) in [5.74, 6) is 0.422. The molecule has 1 aliphatic rings. The van der Waals surface area contributed by atoms with Gasteiger partial charge in [-0.3, -0.25) is 0 Å². The van der Waals surface area contributed by atoms with Crippen LogP contribution in [-0.2, 0) is 0 Å². The van der Waals surface area contributed by atoms with Crippen molar-refractivity contribution >= 4 is 11.7 Å². The molecular weight excluding hydrogens is 312 g/mol. The van der Waals surface area contributed by atoms with Crippen molar-refractivity contribution in [3.8, 4) is 0 Å². The number of carbonyl (C=O) groups is 1. The number of nitrogens with one attached hydrogen (secondary N) is 3. The highest BCUT2D eigenvalue weighted by molar-refractivity contribution is 5.74. The van der Waals surface area contributed by atoms with Gasteiger partial charge in [-0.2, -0.15) is 0 Å². The van der Waals surface area contributed by atoms with Gasteiger partial charge in [-0.1, -0.05) is 38.5 Å². The molecule has 1 aliphatic heterocycles. The second kappa shape index (κ2) is 10.3. The highest BCUT2D eigenvalue weighted by Crippen LogP contribution is 2.12. The third-order valence-electron chi connectivity index (χ3n) is 4.77. The Morgan fingerprint density at radius 2 is 1.76 bits per heavy atom. The number of urea groups is 1. The van der Waals surface area contributed by atoms with E-state index in [1.54, 1.807) is 0 Å². The lowest BCUT2D eigenvalue weighted by atomic mass is 10.0. The molecule has 0 spiro atoms. The molecule has 3 N–H and O–H groups in total. The molecule has 140 valence electrons. The Bertz CT molecular complexity index is 500. The smallest absolute Gasteiger partial charge is 0.315 e. The molecule has 2 rings (SSSR count). The average Bonchev–Trinajstić information content (AvgIpc) is 2.60. The lowest BCUT2D eigenvalue weighted by Gasteiger charge is -2.29. The molecule has 25 heavy (non-hydrogen) atoms. The number of rotatable bonds is 8. The minimum absolute atomic E-state index is 0.0787. The number of benzene rings is 1. The normalized spacial score (nSPS) is 17.8. The summed E-state index contributed by atoms with van der Waals surface area (Å²) in [6, 6.07) is 10.4. The zero-order chi connectivity index (χ0) is 18.1. The van der Waals surface area contributed by atoms with E-state index in [1.165, 1.54) is 19.3 Å². The molecule has 1 saturated heterocycles. The van der Waals surface area contributed by atoms with Gasteiger partial charge in [0.15, 0.2) is 0 Å². The van der Waals surface area contributed by atoms with Crippen molar-refractivity contribution in [2.75, 3.05) is 31.5 Å². The molecule has 5 heteroatoms. The second-order valence-electron chi connectivity index (χ2n) is 7.48. The maximum Gasteiger partial charge on any atom is 0.315 e. The molecule has 0 saturated carbocycles. The van der Waals surface area contributed by atoms with Crippen molar-refractivity contribution < 1.29 is 4.79 Å². The van der Waals surface area contributed by atoms with Crippen molar-refractivity contribution in [1.29, 1.82) is 0 Å². The van der Waals surface area contributed by atoms with Crippen LogP contribution < -0.4 is 16.0 Å². The summed E-state index contributed by atoms with van der Waals surface area (Å²) < 4.78 is 0. The number of hydrogen-bond acceptors (Lipinski definition) is 3. The maximum absolute atomic E-state index is 12.2. The van der Waals surface area contributed by atoms with Crippen molar-refractivity contribution in [3.05, 3.63) is 30.3 Å². The molecular formula is C20H34N4O. The van der Waals surface area contributed by atoms with Crippen LogP contribution in [0.3, 0.4) is 0 Å². The number of hydrogen-bond donors (Lipinski definition) is 3. The molecule has 2 amide bonds. The first kappa shape index (κ1) is 19.6. The van der Waals surface area contributed by atoms with Crippen LogP contribution in [0.4, 0.5) is 10.5 Å². The van der Waals surface area contributed by atoms with E-state index in [1.807, 2.05) is 18.2 Å². The Morgan fingerprint density at radius 1 is 1.08 bits per heavy atom. The number of anilines is 1. The van der Waals surface area contributed by atoms with Crippen molar-refractivity contribution in [3.63, 3.8) is 0 Å². The SMILES string of the molecule is CC(CN1CCCCC1)NC(=O)NCC(Nc1ccccc1)C(C)C. The van der Waals surface area contributed by atoms with Crippen molar-refractivity contribution in [2.24, 2.45) is 5.92 Å². The van der Waals surface area contributed by atoms with Crippen molar-refractivity contribution in [2.45, 2.75) is 52.1 Å². The van der Waals surface area contributed by atoms with E-state index < -0.39 is 0 Å². The fraction of sp³-hybridized carbons (Fsp3) is 0.650. The standard InChI is InChI=1S/C20H34N4O/c1-16(2)19(23-18-10-6-4-7-11-18)14-21-20(25)22-17(3)15-24-12-8-5-9-13-24/h4,6-7,10-11,16-17,19,23H,5,8-9,12-15H2,1-3H3,(H2,21,22,25). The van der Waals surface area contributed by atoms with Gasteiger partial charge in [0.25, 0.3) is 0 Å². The first-order valence-corrected chi connectivity index (χ1v) is 9.63. The summed E-state index contributed by atoms with van der Waals surface area (Å²) in [6.07, 6.45) is 3.89. The number of likely N-dealkylation sites (tertiary alicyclic amines) is 1. The molecule has 1 heterocycles. The van der Waals surface area contributed by atoms with Gasteiger partial charge in [-0.15, -0.1) is 0 Å². The topological polar surface area (TPSA) is 56.4 Å². The molecule has 1 aromatic carbocycles. The molecule has 0 bridgehead atoms. The van der Waals surface area contributed by atoms with Gasteiger partial charge in [0.2, 0.25) is 0 Å². The zero-order valence-corrected chi connectivity index (χ0v) is 15.9. The molecule has 0 radical (unpaired) electrons. The minimum Gasteiger partial charge on any atom is -0.380 e. The summed E-state index contributed by atoms with van der Waals surface area (Å²) >= 11 is 0. The molecule has 0 aromatic heterocycles. The molecule has 1 fully saturated rings. The average molecular weight is 347 g/mol. The van der Waals surface area contributed by atoms with E-state index in [4.69, 9.17) is 0 Å². The van der Waals surface area contributed by atoms with E-state index >= 15 is 0 Å². The number of piperidine rings is 1.